The van der Waals surface area contributed by atoms with Crippen molar-refractivity contribution in [3.63, 3.8) is 0 Å². The molecule has 2 aromatic carbocycles. The van der Waals surface area contributed by atoms with Crippen LogP contribution in [0.5, 0.6) is 5.75 Å². The second-order valence-corrected chi connectivity index (χ2v) is 9.09. The van der Waals surface area contributed by atoms with Crippen LogP contribution < -0.4 is 10.1 Å². The third-order valence-electron chi connectivity index (χ3n) is 4.93. The molecule has 5 rings (SSSR count). The first-order chi connectivity index (χ1) is 17.2. The largest absolute Gasteiger partial charge is 0.494 e. The van der Waals surface area contributed by atoms with Crippen LogP contribution in [0.2, 0.25) is 0 Å². The molecule has 8 nitrogen and oxygen atoms in total. The minimum atomic E-state index is -0.176. The highest BCUT2D eigenvalue weighted by Crippen LogP contribution is 2.30. The summed E-state index contributed by atoms with van der Waals surface area (Å²) in [4.78, 5) is 17.2. The number of ether oxygens (including phenoxy) is 1. The first kappa shape index (κ1) is 22.9. The van der Waals surface area contributed by atoms with Crippen LogP contribution in [0.15, 0.2) is 87.9 Å². The zero-order valence-corrected chi connectivity index (χ0v) is 20.4. The van der Waals surface area contributed by atoms with Crippen LogP contribution in [-0.2, 0) is 4.79 Å². The molecule has 0 atom stereocenters. The van der Waals surface area contributed by atoms with Gasteiger partial charge in [0.15, 0.2) is 16.0 Å². The summed E-state index contributed by atoms with van der Waals surface area (Å²) in [6.07, 6.45) is 1.59. The number of hydrogen-bond acceptors (Lipinski definition) is 8. The van der Waals surface area contributed by atoms with Crippen molar-refractivity contribution in [3.05, 3.63) is 78.4 Å². The Morgan fingerprint density at radius 2 is 1.91 bits per heavy atom. The number of nitrogens with one attached hydrogen (secondary N) is 1. The van der Waals surface area contributed by atoms with Crippen LogP contribution in [0.25, 0.3) is 28.5 Å². The molecule has 35 heavy (non-hydrogen) atoms. The van der Waals surface area contributed by atoms with Crippen LogP contribution in [0.4, 0.5) is 5.13 Å². The lowest BCUT2D eigenvalue weighted by Crippen LogP contribution is -2.14. The van der Waals surface area contributed by atoms with Gasteiger partial charge in [-0.3, -0.25) is 9.36 Å². The van der Waals surface area contributed by atoms with Crippen molar-refractivity contribution in [3.8, 4) is 34.3 Å². The molecule has 1 amide bonds. The smallest absolute Gasteiger partial charge is 0.236 e. The third-order valence-corrected chi connectivity index (χ3v) is 6.62. The lowest BCUT2D eigenvalue weighted by Gasteiger charge is -2.10. The molecule has 0 saturated heterocycles. The molecule has 5 aromatic rings. The number of nitrogens with zero attached hydrogens (tertiary/aromatic N) is 4. The SMILES string of the molecule is CCOc1ccc(-n2c(SCC(=O)Nc3nc(-c4ccccc4)cs3)nnc2-c2ccco2)cc1. The molecule has 176 valence electrons. The summed E-state index contributed by atoms with van der Waals surface area (Å²) >= 11 is 2.68. The maximum Gasteiger partial charge on any atom is 0.236 e. The van der Waals surface area contributed by atoms with Gasteiger partial charge in [-0.15, -0.1) is 21.5 Å². The number of aromatic nitrogens is 4. The molecule has 0 bridgehead atoms. The Bertz CT molecular complexity index is 1400. The summed E-state index contributed by atoms with van der Waals surface area (Å²) < 4.78 is 13.0. The highest BCUT2D eigenvalue weighted by molar-refractivity contribution is 7.99. The average molecular weight is 504 g/mol. The van der Waals surface area contributed by atoms with E-state index in [2.05, 4.69) is 20.5 Å². The lowest BCUT2D eigenvalue weighted by atomic mass is 10.2. The predicted octanol–water partition coefficient (Wildman–Crippen LogP) is 5.78. The van der Waals surface area contributed by atoms with Crippen molar-refractivity contribution in [1.82, 2.24) is 19.7 Å². The van der Waals surface area contributed by atoms with Crippen LogP contribution in [0, 0.1) is 0 Å². The number of thiazole rings is 1. The Kier molecular flexibility index (Phi) is 6.92. The highest BCUT2D eigenvalue weighted by Gasteiger charge is 2.19. The van der Waals surface area contributed by atoms with Gasteiger partial charge >= 0.3 is 0 Å². The highest BCUT2D eigenvalue weighted by atomic mass is 32.2. The number of carbonyl (C=O) groups excluding carboxylic acids is 1. The van der Waals surface area contributed by atoms with E-state index in [4.69, 9.17) is 9.15 Å². The second kappa shape index (κ2) is 10.6. The standard InChI is InChI=1S/C25H21N5O3S2/c1-2-32-19-12-10-18(11-13-19)30-23(21-9-6-14-33-21)28-29-25(30)35-16-22(31)27-24-26-20(15-34-24)17-7-4-3-5-8-17/h3-15H,2,16H2,1H3,(H,26,27,31). The first-order valence-corrected chi connectivity index (χ1v) is 12.7. The van der Waals surface area contributed by atoms with E-state index in [0.29, 0.717) is 28.5 Å². The molecule has 3 aromatic heterocycles. The van der Waals surface area contributed by atoms with Gasteiger partial charge in [0.25, 0.3) is 0 Å². The number of thioether (sulfide) groups is 1. The molecule has 0 unspecified atom stereocenters. The fourth-order valence-electron chi connectivity index (χ4n) is 3.38. The second-order valence-electron chi connectivity index (χ2n) is 7.29. The summed E-state index contributed by atoms with van der Waals surface area (Å²) in [6, 6.07) is 21.1. The molecule has 0 aliphatic carbocycles. The van der Waals surface area contributed by atoms with Crippen molar-refractivity contribution in [1.29, 1.82) is 0 Å². The van der Waals surface area contributed by atoms with Crippen molar-refractivity contribution in [2.75, 3.05) is 17.7 Å². The van der Waals surface area contributed by atoms with Gasteiger partial charge < -0.3 is 14.5 Å². The van der Waals surface area contributed by atoms with Crippen molar-refractivity contribution in [2.45, 2.75) is 12.1 Å². The van der Waals surface area contributed by atoms with Crippen molar-refractivity contribution >= 4 is 34.1 Å². The number of hydrogen-bond donors (Lipinski definition) is 1. The molecule has 0 radical (unpaired) electrons. The Morgan fingerprint density at radius 1 is 1.09 bits per heavy atom. The van der Waals surface area contributed by atoms with Crippen LogP contribution in [-0.4, -0.2) is 38.0 Å². The van der Waals surface area contributed by atoms with Gasteiger partial charge in [-0.2, -0.15) is 0 Å². The third kappa shape index (κ3) is 5.28. The Labute approximate surface area is 210 Å². The van der Waals surface area contributed by atoms with Crippen LogP contribution in [0.3, 0.4) is 0 Å². The number of benzene rings is 2. The zero-order valence-electron chi connectivity index (χ0n) is 18.7. The van der Waals surface area contributed by atoms with Gasteiger partial charge in [-0.1, -0.05) is 42.1 Å². The van der Waals surface area contributed by atoms with Crippen LogP contribution >= 0.6 is 23.1 Å². The fourth-order valence-corrected chi connectivity index (χ4v) is 4.87. The fraction of sp³-hybridized carbons (Fsp3) is 0.120. The maximum atomic E-state index is 12.7. The van der Waals surface area contributed by atoms with Gasteiger partial charge in [0.2, 0.25) is 11.7 Å². The average Bonchev–Trinajstić information content (AvgIpc) is 3.65. The van der Waals surface area contributed by atoms with Gasteiger partial charge in [0, 0.05) is 10.9 Å². The first-order valence-electron chi connectivity index (χ1n) is 10.9. The van der Waals surface area contributed by atoms with Gasteiger partial charge in [0.05, 0.1) is 30.0 Å². The number of anilines is 1. The summed E-state index contributed by atoms with van der Waals surface area (Å²) in [6.45, 7) is 2.53. The maximum absolute atomic E-state index is 12.7. The molecule has 1 N–H and O–H groups in total. The van der Waals surface area contributed by atoms with Crippen molar-refractivity contribution < 1.29 is 13.9 Å². The van der Waals surface area contributed by atoms with Gasteiger partial charge in [-0.05, 0) is 43.3 Å². The molecule has 0 fully saturated rings. The van der Waals surface area contributed by atoms with E-state index < -0.39 is 0 Å². The molecular formula is C25H21N5O3S2. The molecule has 3 heterocycles. The van der Waals surface area contributed by atoms with Crippen LogP contribution in [0.1, 0.15) is 6.92 Å². The monoisotopic (exact) mass is 503 g/mol. The summed E-state index contributed by atoms with van der Waals surface area (Å²) in [5.41, 5.74) is 2.67. The topological polar surface area (TPSA) is 95.1 Å². The minimum Gasteiger partial charge on any atom is -0.494 e. The van der Waals surface area contributed by atoms with Gasteiger partial charge in [-0.25, -0.2) is 4.98 Å². The summed E-state index contributed by atoms with van der Waals surface area (Å²) in [7, 11) is 0. The Hall–Kier alpha value is -3.89. The molecular weight excluding hydrogens is 482 g/mol. The quantitative estimate of drug-likeness (QED) is 0.255. The predicted molar refractivity (Wildman–Crippen MR) is 137 cm³/mol. The lowest BCUT2D eigenvalue weighted by molar-refractivity contribution is -0.113. The Balaban J connectivity index is 1.32. The molecule has 0 aliphatic heterocycles. The number of rotatable bonds is 9. The normalized spacial score (nSPS) is 10.9. The number of carbonyl (C=O) groups is 1. The van der Waals surface area contributed by atoms with E-state index in [1.54, 1.807) is 12.3 Å². The molecule has 0 saturated carbocycles. The van der Waals surface area contributed by atoms with E-state index in [1.165, 1.54) is 23.1 Å². The summed E-state index contributed by atoms with van der Waals surface area (Å²) in [5, 5.41) is 14.6. The van der Waals surface area contributed by atoms with E-state index in [0.717, 1.165) is 22.7 Å². The zero-order chi connectivity index (χ0) is 24.0. The van der Waals surface area contributed by atoms with Crippen molar-refractivity contribution in [2.24, 2.45) is 0 Å². The molecule has 0 aliphatic rings. The molecule has 10 heteroatoms. The minimum absolute atomic E-state index is 0.146. The number of amides is 1. The van der Waals surface area contributed by atoms with E-state index in [-0.39, 0.29) is 11.7 Å². The Morgan fingerprint density at radius 3 is 2.66 bits per heavy atom. The number of furan rings is 1. The van der Waals surface area contributed by atoms with Gasteiger partial charge in [0.1, 0.15) is 5.75 Å². The summed E-state index contributed by atoms with van der Waals surface area (Å²) in [5.74, 6) is 1.88. The molecule has 0 spiro atoms. The van der Waals surface area contributed by atoms with E-state index in [9.17, 15) is 4.79 Å². The van der Waals surface area contributed by atoms with E-state index >= 15 is 0 Å². The van der Waals surface area contributed by atoms with E-state index in [1.807, 2.05) is 77.5 Å².